The number of rotatable bonds is 9. The van der Waals surface area contributed by atoms with Gasteiger partial charge in [-0.1, -0.05) is 12.1 Å². The molecule has 0 amide bonds. The molecule has 0 bridgehead atoms. The summed E-state index contributed by atoms with van der Waals surface area (Å²) in [5.41, 5.74) is 2.67. The second-order valence-corrected chi connectivity index (χ2v) is 6.44. The largest absolute Gasteiger partial charge is 0.493 e. The third kappa shape index (κ3) is 5.26. The molecule has 8 heteroatoms. The lowest BCUT2D eigenvalue weighted by Gasteiger charge is -2.13. The zero-order chi connectivity index (χ0) is 21.5. The van der Waals surface area contributed by atoms with Gasteiger partial charge < -0.3 is 19.9 Å². The molecule has 0 unspecified atom stereocenters. The van der Waals surface area contributed by atoms with Crippen LogP contribution in [0, 0.1) is 10.1 Å². The van der Waals surface area contributed by atoms with Gasteiger partial charge in [0.15, 0.2) is 11.5 Å². The molecule has 154 valence electrons. The lowest BCUT2D eigenvalue weighted by Crippen LogP contribution is -2.03. The van der Waals surface area contributed by atoms with Crippen LogP contribution in [-0.4, -0.2) is 23.1 Å². The van der Waals surface area contributed by atoms with Crippen LogP contribution in [0.1, 0.15) is 21.5 Å². The molecule has 8 nitrogen and oxygen atoms in total. The minimum Gasteiger partial charge on any atom is -0.493 e. The van der Waals surface area contributed by atoms with Crippen LogP contribution in [0.3, 0.4) is 0 Å². The van der Waals surface area contributed by atoms with Crippen molar-refractivity contribution in [2.24, 2.45) is 0 Å². The van der Waals surface area contributed by atoms with Crippen LogP contribution in [0.5, 0.6) is 11.5 Å². The van der Waals surface area contributed by atoms with E-state index in [4.69, 9.17) is 14.6 Å². The van der Waals surface area contributed by atoms with Crippen LogP contribution in [-0.2, 0) is 13.2 Å². The Morgan fingerprint density at radius 1 is 1.03 bits per heavy atom. The van der Waals surface area contributed by atoms with Crippen LogP contribution in [0.4, 0.5) is 11.4 Å². The lowest BCUT2D eigenvalue weighted by atomic mass is 10.1. The quantitative estimate of drug-likeness (QED) is 0.396. The van der Waals surface area contributed by atoms with E-state index in [2.05, 4.69) is 5.32 Å². The Hall–Kier alpha value is -4.07. The molecule has 3 rings (SSSR count). The number of anilines is 1. The molecular weight excluding hydrogens is 388 g/mol. The molecule has 2 N–H and O–H groups in total. The Labute approximate surface area is 172 Å². The first-order chi connectivity index (χ1) is 14.5. The Balaban J connectivity index is 1.63. The molecule has 0 aromatic heterocycles. The van der Waals surface area contributed by atoms with E-state index in [9.17, 15) is 14.9 Å². The van der Waals surface area contributed by atoms with Gasteiger partial charge in [0, 0.05) is 24.4 Å². The van der Waals surface area contributed by atoms with Gasteiger partial charge in [-0.2, -0.15) is 0 Å². The molecule has 0 radical (unpaired) electrons. The van der Waals surface area contributed by atoms with Crippen molar-refractivity contribution in [1.29, 1.82) is 0 Å². The number of non-ortho nitro benzene ring substituents is 1. The van der Waals surface area contributed by atoms with Gasteiger partial charge in [-0.15, -0.1) is 0 Å². The lowest BCUT2D eigenvalue weighted by molar-refractivity contribution is -0.384. The summed E-state index contributed by atoms with van der Waals surface area (Å²) in [4.78, 5) is 21.3. The van der Waals surface area contributed by atoms with Gasteiger partial charge in [-0.25, -0.2) is 4.79 Å². The summed E-state index contributed by atoms with van der Waals surface area (Å²) < 4.78 is 11.2. The maximum absolute atomic E-state index is 11.1. The van der Waals surface area contributed by atoms with Gasteiger partial charge in [-0.05, 0) is 53.6 Å². The molecule has 3 aromatic rings. The van der Waals surface area contributed by atoms with E-state index in [1.165, 1.54) is 18.2 Å². The first-order valence-electron chi connectivity index (χ1n) is 9.06. The van der Waals surface area contributed by atoms with E-state index in [0.717, 1.165) is 11.1 Å². The highest BCUT2D eigenvalue weighted by molar-refractivity contribution is 5.88. The van der Waals surface area contributed by atoms with Crippen molar-refractivity contribution in [3.63, 3.8) is 0 Å². The predicted molar refractivity (Wildman–Crippen MR) is 111 cm³/mol. The first-order valence-corrected chi connectivity index (χ1v) is 9.06. The van der Waals surface area contributed by atoms with Gasteiger partial charge in [-0.3, -0.25) is 10.1 Å². The molecule has 0 atom stereocenters. The monoisotopic (exact) mass is 408 g/mol. The number of nitro benzene ring substituents is 1. The maximum Gasteiger partial charge on any atom is 0.335 e. The minimum absolute atomic E-state index is 0.0297. The number of nitrogens with one attached hydrogen (secondary N) is 1. The van der Waals surface area contributed by atoms with Gasteiger partial charge in [0.2, 0.25) is 0 Å². The Morgan fingerprint density at radius 2 is 1.77 bits per heavy atom. The molecule has 0 aliphatic carbocycles. The highest BCUT2D eigenvalue weighted by atomic mass is 16.6. The molecular formula is C22H20N2O6. The Morgan fingerprint density at radius 3 is 2.43 bits per heavy atom. The third-order valence-corrected chi connectivity index (χ3v) is 4.38. The second kappa shape index (κ2) is 9.42. The summed E-state index contributed by atoms with van der Waals surface area (Å²) >= 11 is 0. The number of nitro groups is 1. The van der Waals surface area contributed by atoms with Crippen molar-refractivity contribution in [2.45, 2.75) is 13.2 Å². The smallest absolute Gasteiger partial charge is 0.335 e. The second-order valence-electron chi connectivity index (χ2n) is 6.44. The number of hydrogen-bond donors (Lipinski definition) is 2. The predicted octanol–water partition coefficient (Wildman–Crippen LogP) is 4.49. The van der Waals surface area contributed by atoms with Crippen LogP contribution in [0.25, 0.3) is 0 Å². The number of ether oxygens (including phenoxy) is 2. The summed E-state index contributed by atoms with van der Waals surface area (Å²) in [5, 5.41) is 23.0. The molecule has 3 aromatic carbocycles. The van der Waals surface area contributed by atoms with Crippen molar-refractivity contribution in [3.8, 4) is 11.5 Å². The van der Waals surface area contributed by atoms with E-state index in [-0.39, 0.29) is 17.9 Å². The zero-order valence-electron chi connectivity index (χ0n) is 16.2. The standard InChI is InChI=1S/C22H20N2O6/c1-29-21-11-16(13-23-18-4-2-3-17(12-18)22(25)26)7-10-20(21)30-14-15-5-8-19(9-6-15)24(27)28/h2-12,23H,13-14H2,1H3,(H,25,26). The Kier molecular flexibility index (Phi) is 6.49. The average Bonchev–Trinajstić information content (AvgIpc) is 2.77. The summed E-state index contributed by atoms with van der Waals surface area (Å²) in [7, 11) is 1.54. The number of hydrogen-bond acceptors (Lipinski definition) is 6. The topological polar surface area (TPSA) is 111 Å². The van der Waals surface area contributed by atoms with E-state index in [1.54, 1.807) is 43.5 Å². The van der Waals surface area contributed by atoms with Crippen LogP contribution in [0.15, 0.2) is 66.7 Å². The normalized spacial score (nSPS) is 10.3. The molecule has 0 spiro atoms. The number of methoxy groups -OCH3 is 1. The summed E-state index contributed by atoms with van der Waals surface area (Å²) in [6, 6.07) is 18.2. The highest BCUT2D eigenvalue weighted by Gasteiger charge is 2.09. The molecule has 0 saturated heterocycles. The number of nitrogens with zero attached hydrogens (tertiary/aromatic N) is 1. The van der Waals surface area contributed by atoms with Crippen LogP contribution < -0.4 is 14.8 Å². The third-order valence-electron chi connectivity index (χ3n) is 4.38. The van der Waals surface area contributed by atoms with E-state index >= 15 is 0 Å². The van der Waals surface area contributed by atoms with Crippen molar-refractivity contribution in [3.05, 3.63) is 93.5 Å². The summed E-state index contributed by atoms with van der Waals surface area (Å²) in [5.74, 6) is 0.123. The maximum atomic E-state index is 11.1. The van der Waals surface area contributed by atoms with E-state index in [0.29, 0.717) is 23.7 Å². The number of carboxylic acids is 1. The van der Waals surface area contributed by atoms with Crippen molar-refractivity contribution in [1.82, 2.24) is 0 Å². The molecule has 0 saturated carbocycles. The number of aromatic carboxylic acids is 1. The van der Waals surface area contributed by atoms with E-state index < -0.39 is 10.9 Å². The SMILES string of the molecule is COc1cc(CNc2cccc(C(=O)O)c2)ccc1OCc1ccc([N+](=O)[O-])cc1. The van der Waals surface area contributed by atoms with E-state index in [1.807, 2.05) is 12.1 Å². The fraction of sp³-hybridized carbons (Fsp3) is 0.136. The first kappa shape index (κ1) is 20.7. The van der Waals surface area contributed by atoms with Gasteiger partial charge in [0.05, 0.1) is 17.6 Å². The van der Waals surface area contributed by atoms with Crippen LogP contribution >= 0.6 is 0 Å². The van der Waals surface area contributed by atoms with Crippen molar-refractivity contribution >= 4 is 17.3 Å². The highest BCUT2D eigenvalue weighted by Crippen LogP contribution is 2.29. The van der Waals surface area contributed by atoms with Gasteiger partial charge in [0.1, 0.15) is 6.61 Å². The summed E-state index contributed by atoms with van der Waals surface area (Å²) in [6.07, 6.45) is 0. The molecule has 0 heterocycles. The fourth-order valence-corrected chi connectivity index (χ4v) is 2.78. The number of carbonyl (C=O) groups is 1. The van der Waals surface area contributed by atoms with Crippen molar-refractivity contribution in [2.75, 3.05) is 12.4 Å². The minimum atomic E-state index is -0.977. The summed E-state index contributed by atoms with van der Waals surface area (Å²) in [6.45, 7) is 0.718. The molecule has 30 heavy (non-hydrogen) atoms. The van der Waals surface area contributed by atoms with Gasteiger partial charge in [0.25, 0.3) is 5.69 Å². The van der Waals surface area contributed by atoms with Gasteiger partial charge >= 0.3 is 5.97 Å². The Bertz CT molecular complexity index is 1050. The molecule has 0 fully saturated rings. The number of benzene rings is 3. The zero-order valence-corrected chi connectivity index (χ0v) is 16.2. The average molecular weight is 408 g/mol. The van der Waals surface area contributed by atoms with Crippen molar-refractivity contribution < 1.29 is 24.3 Å². The van der Waals surface area contributed by atoms with Crippen LogP contribution in [0.2, 0.25) is 0 Å². The fourth-order valence-electron chi connectivity index (χ4n) is 2.78. The number of carboxylic acid groups (broad SMARTS) is 1. The molecule has 0 aliphatic rings. The molecule has 0 aliphatic heterocycles.